The van der Waals surface area contributed by atoms with Gasteiger partial charge in [0.05, 0.1) is 0 Å². The summed E-state index contributed by atoms with van der Waals surface area (Å²) in [5.41, 5.74) is 31.6. The van der Waals surface area contributed by atoms with Gasteiger partial charge in [-0.05, 0) is 165 Å². The molecule has 0 amide bonds. The molecule has 0 aliphatic heterocycles. The normalized spacial score (nSPS) is 9.90. The van der Waals surface area contributed by atoms with Gasteiger partial charge in [-0.25, -0.2) is 4.39 Å². The molecule has 5 heterocycles. The quantitative estimate of drug-likeness (QED) is 0.149. The van der Waals surface area contributed by atoms with Gasteiger partial charge in [0, 0.05) is 131 Å². The van der Waals surface area contributed by atoms with E-state index in [2.05, 4.69) is 211 Å². The predicted molar refractivity (Wildman–Crippen MR) is 360 cm³/mol. The number of aryl methyl sites for hydroxylation is 12. The molecule has 12 aromatic rings. The van der Waals surface area contributed by atoms with E-state index in [4.69, 9.17) is 0 Å². The van der Waals surface area contributed by atoms with Gasteiger partial charge in [-0.15, -0.1) is 177 Å². The van der Waals surface area contributed by atoms with Crippen molar-refractivity contribution in [3.63, 3.8) is 0 Å². The molecule has 481 valence electrons. The van der Waals surface area contributed by atoms with Crippen molar-refractivity contribution in [2.75, 3.05) is 0 Å². The summed E-state index contributed by atoms with van der Waals surface area (Å²) in [5.74, 6) is -0.224. The fraction of sp³-hybridized carbons (Fsp3) is 0.173. The number of pyridine rings is 5. The van der Waals surface area contributed by atoms with Crippen LogP contribution in [0.5, 0.6) is 0 Å². The molecule has 0 N–H and O–H groups in total. The van der Waals surface area contributed by atoms with Gasteiger partial charge in [0.1, 0.15) is 5.82 Å². The van der Waals surface area contributed by atoms with Crippen molar-refractivity contribution in [1.29, 1.82) is 0 Å². The van der Waals surface area contributed by atoms with Crippen LogP contribution in [-0.4, -0.2) is 24.9 Å². The number of hydrogen-bond acceptors (Lipinski definition) is 5. The Morgan fingerprint density at radius 2 is 0.728 bits per heavy atom. The van der Waals surface area contributed by atoms with E-state index in [0.29, 0.717) is 0 Å². The fourth-order valence-corrected chi connectivity index (χ4v) is 9.90. The van der Waals surface area contributed by atoms with E-state index in [1.165, 1.54) is 84.5 Å². The molecule has 0 fully saturated rings. The van der Waals surface area contributed by atoms with E-state index in [0.717, 1.165) is 84.4 Å². The van der Waals surface area contributed by atoms with Crippen LogP contribution in [-0.2, 0) is 101 Å². The molecule has 5 radical (unpaired) electrons. The van der Waals surface area contributed by atoms with Crippen LogP contribution in [0.15, 0.2) is 201 Å². The summed E-state index contributed by atoms with van der Waals surface area (Å²) in [6.45, 7) is 29.2. The Morgan fingerprint density at radius 1 is 0.293 bits per heavy atom. The average Bonchev–Trinajstić information content (AvgIpc) is 3.12. The monoisotopic (exact) mass is 2100 g/mol. The molecule has 0 atom stereocenters. The third-order valence-electron chi connectivity index (χ3n) is 14.8. The van der Waals surface area contributed by atoms with Crippen molar-refractivity contribution in [3.8, 4) is 78.5 Å². The number of halogens is 1. The van der Waals surface area contributed by atoms with E-state index in [-0.39, 0.29) is 106 Å². The Kier molecular flexibility index (Phi) is 33.4. The van der Waals surface area contributed by atoms with Gasteiger partial charge >= 0.3 is 0 Å². The maximum atomic E-state index is 13.0. The van der Waals surface area contributed by atoms with Crippen LogP contribution < -0.4 is 0 Å². The van der Waals surface area contributed by atoms with Crippen molar-refractivity contribution in [2.45, 2.75) is 96.9 Å². The maximum Gasteiger partial charge on any atom is 0.123 e. The van der Waals surface area contributed by atoms with Gasteiger partial charge in [0.2, 0.25) is 0 Å². The largest absolute Gasteiger partial charge is 0.304 e. The number of nitrogens with zero attached hydrogens (tertiary/aromatic N) is 5. The molecule has 92 heavy (non-hydrogen) atoms. The summed E-state index contributed by atoms with van der Waals surface area (Å²) >= 11 is 0. The Hall–Kier alpha value is -6.53. The van der Waals surface area contributed by atoms with E-state index >= 15 is 0 Å². The van der Waals surface area contributed by atoms with Crippen LogP contribution in [0.1, 0.15) is 78.1 Å². The molecule has 0 saturated heterocycles. The topological polar surface area (TPSA) is 64.5 Å². The first-order valence-corrected chi connectivity index (χ1v) is 29.3. The second-order valence-electron chi connectivity index (χ2n) is 22.4. The molecule has 0 spiro atoms. The Labute approximate surface area is 614 Å². The summed E-state index contributed by atoms with van der Waals surface area (Å²) in [7, 11) is 0. The first-order valence-electron chi connectivity index (χ1n) is 29.3. The molecule has 0 bridgehead atoms. The molecule has 7 aromatic carbocycles. The van der Waals surface area contributed by atoms with Crippen LogP contribution in [0.2, 0.25) is 0 Å². The number of aromatic nitrogens is 5. The minimum absolute atomic E-state index is 0. The van der Waals surface area contributed by atoms with Crippen molar-refractivity contribution in [3.05, 3.63) is 315 Å². The second-order valence-corrected chi connectivity index (χ2v) is 22.4. The molecule has 0 saturated carbocycles. The van der Waals surface area contributed by atoms with Crippen molar-refractivity contribution < 1.29 is 105 Å². The molecule has 0 aliphatic carbocycles. The predicted octanol–water partition coefficient (Wildman–Crippen LogP) is 20.5. The Morgan fingerprint density at radius 3 is 1.18 bits per heavy atom. The third-order valence-corrected chi connectivity index (χ3v) is 14.8. The zero-order valence-electron chi connectivity index (χ0n) is 54.3. The molecule has 0 aliphatic rings. The van der Waals surface area contributed by atoms with Gasteiger partial charge in [-0.1, -0.05) is 112 Å². The average molecular weight is 2100 g/mol. The molecular weight excluding hydrogens is 2020 g/mol. The molecule has 12 rings (SSSR count). The third kappa shape index (κ3) is 23.2. The van der Waals surface area contributed by atoms with Gasteiger partial charge in [-0.2, -0.15) is 0 Å². The molecule has 5 nitrogen and oxygen atoms in total. The maximum absolute atomic E-state index is 13.0. The summed E-state index contributed by atoms with van der Waals surface area (Å²) in [5, 5.41) is 0. The Bertz CT molecular complexity index is 4240. The van der Waals surface area contributed by atoms with E-state index < -0.39 is 0 Å². The van der Waals surface area contributed by atoms with Gasteiger partial charge < -0.3 is 24.9 Å². The Balaban J connectivity index is 0.000000300. The van der Waals surface area contributed by atoms with E-state index in [9.17, 15) is 4.39 Å². The fourth-order valence-electron chi connectivity index (χ4n) is 9.90. The summed E-state index contributed by atoms with van der Waals surface area (Å²) in [4.78, 5) is 22.4. The van der Waals surface area contributed by atoms with Crippen molar-refractivity contribution in [1.82, 2.24) is 24.9 Å². The van der Waals surface area contributed by atoms with E-state index in [1.54, 1.807) is 12.1 Å². The van der Waals surface area contributed by atoms with Crippen molar-refractivity contribution in [2.24, 2.45) is 0 Å². The number of hydrogen-bond donors (Lipinski definition) is 0. The molecule has 5 aromatic heterocycles. The molecular formula is C81H75FIr5N5-5. The standard InChI is InChI=1S/C21H20N.C19H15FN.2C14H14N.C13H12N.5Ir/c1-14-10-15(2)12-20(11-14)18-6-5-7-19(13-18)21-17(4)16(3)8-9-22-21;1-13-10-11-21-19(14(13)2)17-5-3-4-16(12-17)15-6-8-18(20)9-7-15;1-10-5-4-6-13(8-10)14-9-11(2)7-12(3)15-14;1-10-5-4-6-13(7-10)14-8-11(2)12(3)9-15-14;1-10-8-11(2)14-13(9-10)12-6-4-3-5-7-12;;;;;/h5-6,8-13H,1-4H3;3-4,6-12H,1-2H3;2*4-5,7-9H,1-3H3;3-6,8-9H,1-2H3;;;;;/q5*-1;;;;;. The first kappa shape index (κ1) is 79.7. The van der Waals surface area contributed by atoms with Crippen LogP contribution in [0.4, 0.5) is 4.39 Å². The number of benzene rings is 7. The van der Waals surface area contributed by atoms with Crippen LogP contribution in [0.25, 0.3) is 78.5 Å². The zero-order chi connectivity index (χ0) is 62.1. The van der Waals surface area contributed by atoms with Crippen LogP contribution in [0, 0.1) is 133 Å². The smallest absolute Gasteiger partial charge is 0.123 e. The summed E-state index contributed by atoms with van der Waals surface area (Å²) in [6.07, 6.45) is 5.60. The molecule has 11 heteroatoms. The summed E-state index contributed by atoms with van der Waals surface area (Å²) in [6, 6.07) is 76.1. The zero-order valence-corrected chi connectivity index (χ0v) is 66.3. The van der Waals surface area contributed by atoms with Gasteiger partial charge in [0.25, 0.3) is 0 Å². The SMILES string of the molecule is Cc1cc(C)cc(-c2cc[c-]c(-c3nccc(C)c3C)c2)c1.Cc1cc(C)nc(-c2[c-]cccc2)c1.Cc1cc[c-]c(-c2cc(C)c(C)cn2)c1.Cc1cc[c-]c(-c2cc(C)cc(C)n2)c1.Cc1ccnc(-c2[c-]ccc(-c3ccc(F)cc3)c2)c1C.[Ir].[Ir].[Ir].[Ir].[Ir]. The number of rotatable bonds is 7. The minimum Gasteiger partial charge on any atom is -0.304 e. The van der Waals surface area contributed by atoms with Crippen LogP contribution >= 0.6 is 0 Å². The minimum atomic E-state index is -0.224. The van der Waals surface area contributed by atoms with Crippen LogP contribution in [0.3, 0.4) is 0 Å². The van der Waals surface area contributed by atoms with E-state index in [1.807, 2.05) is 117 Å². The van der Waals surface area contributed by atoms with Gasteiger partial charge in [-0.3, -0.25) is 0 Å². The second kappa shape index (κ2) is 38.6. The van der Waals surface area contributed by atoms with Gasteiger partial charge in [0.15, 0.2) is 0 Å². The first-order chi connectivity index (χ1) is 41.8. The summed E-state index contributed by atoms with van der Waals surface area (Å²) < 4.78 is 13.0. The van der Waals surface area contributed by atoms with Crippen molar-refractivity contribution >= 4 is 0 Å². The molecule has 0 unspecified atom stereocenters.